The van der Waals surface area contributed by atoms with Gasteiger partial charge in [0.25, 0.3) is 5.91 Å². The van der Waals surface area contributed by atoms with E-state index in [1.165, 1.54) is 20.4 Å². The van der Waals surface area contributed by atoms with Crippen molar-refractivity contribution >= 4 is 12.1 Å². The minimum atomic E-state index is -0.351. The molecule has 0 bridgehead atoms. The van der Waals surface area contributed by atoms with E-state index in [9.17, 15) is 4.79 Å². The number of nitrogens with zero attached hydrogens (tertiary/aromatic N) is 1. The second-order valence-electron chi connectivity index (χ2n) is 4.22. The number of furan rings is 1. The van der Waals surface area contributed by atoms with E-state index < -0.39 is 0 Å². The van der Waals surface area contributed by atoms with E-state index >= 15 is 0 Å². The lowest BCUT2D eigenvalue weighted by Crippen LogP contribution is -2.17. The highest BCUT2D eigenvalue weighted by Crippen LogP contribution is 2.27. The van der Waals surface area contributed by atoms with Crippen molar-refractivity contribution in [1.82, 2.24) is 5.43 Å². The predicted octanol–water partition coefficient (Wildman–Crippen LogP) is 2.37. The molecule has 0 unspecified atom stereocenters. The maximum Gasteiger partial charge on any atom is 0.271 e. The van der Waals surface area contributed by atoms with Crippen LogP contribution in [0.25, 0.3) is 0 Å². The van der Waals surface area contributed by atoms with Crippen molar-refractivity contribution in [3.63, 3.8) is 0 Å². The molecule has 0 radical (unpaired) electrons. The quantitative estimate of drug-likeness (QED) is 0.677. The molecule has 0 saturated carbocycles. The monoisotopic (exact) mass is 288 g/mol. The molecule has 0 spiro atoms. The highest BCUT2D eigenvalue weighted by Gasteiger charge is 2.09. The Hall–Kier alpha value is -2.76. The van der Waals surface area contributed by atoms with Crippen molar-refractivity contribution in [1.29, 1.82) is 0 Å². The van der Waals surface area contributed by atoms with Crippen molar-refractivity contribution in [2.24, 2.45) is 5.10 Å². The fourth-order valence-electron chi connectivity index (χ4n) is 1.72. The Morgan fingerprint density at radius 2 is 1.95 bits per heavy atom. The summed E-state index contributed by atoms with van der Waals surface area (Å²) in [6.07, 6.45) is 1.44. The molecular formula is C15H16N2O4. The Labute approximate surface area is 122 Å². The maximum atomic E-state index is 12.0. The van der Waals surface area contributed by atoms with Crippen LogP contribution in [-0.2, 0) is 0 Å². The number of aryl methyl sites for hydroxylation is 1. The number of amides is 1. The lowest BCUT2D eigenvalue weighted by atomic mass is 10.2. The third kappa shape index (κ3) is 3.62. The van der Waals surface area contributed by atoms with E-state index in [2.05, 4.69) is 10.5 Å². The third-order valence-corrected chi connectivity index (χ3v) is 2.76. The molecule has 6 heteroatoms. The van der Waals surface area contributed by atoms with Crippen LogP contribution in [0.5, 0.6) is 11.5 Å². The van der Waals surface area contributed by atoms with E-state index in [-0.39, 0.29) is 5.91 Å². The molecule has 6 nitrogen and oxygen atoms in total. The predicted molar refractivity (Wildman–Crippen MR) is 78.1 cm³/mol. The van der Waals surface area contributed by atoms with E-state index in [4.69, 9.17) is 13.9 Å². The number of carbonyl (C=O) groups excluding carboxylic acids is 1. The summed E-state index contributed by atoms with van der Waals surface area (Å²) in [5.74, 6) is 2.04. The average Bonchev–Trinajstić information content (AvgIpc) is 2.91. The minimum absolute atomic E-state index is 0.351. The summed E-state index contributed by atoms with van der Waals surface area (Å²) in [6, 6.07) is 8.45. The van der Waals surface area contributed by atoms with Gasteiger partial charge in [0, 0.05) is 5.56 Å². The van der Waals surface area contributed by atoms with Gasteiger partial charge < -0.3 is 13.9 Å². The molecule has 2 aromatic rings. The standard InChI is InChI=1S/C15H16N2O4/c1-10-4-6-12(21-10)9-16-17-15(18)11-5-7-13(19-2)14(8-11)20-3/h4-9H,1-3H3,(H,17,18). The van der Waals surface area contributed by atoms with Crippen molar-refractivity contribution in [3.05, 3.63) is 47.4 Å². The lowest BCUT2D eigenvalue weighted by Gasteiger charge is -2.08. The zero-order chi connectivity index (χ0) is 15.2. The summed E-state index contributed by atoms with van der Waals surface area (Å²) in [5.41, 5.74) is 2.84. The number of hydrogen-bond donors (Lipinski definition) is 1. The molecule has 0 aliphatic rings. The van der Waals surface area contributed by atoms with Crippen molar-refractivity contribution in [2.75, 3.05) is 14.2 Å². The van der Waals surface area contributed by atoms with Crippen molar-refractivity contribution in [3.8, 4) is 11.5 Å². The summed E-state index contributed by atoms with van der Waals surface area (Å²) < 4.78 is 15.6. The Bertz CT molecular complexity index is 661. The molecular weight excluding hydrogens is 272 g/mol. The fourth-order valence-corrected chi connectivity index (χ4v) is 1.72. The first-order valence-electron chi connectivity index (χ1n) is 6.26. The van der Waals surface area contributed by atoms with Crippen molar-refractivity contribution in [2.45, 2.75) is 6.92 Å². The molecule has 1 aromatic carbocycles. The number of nitrogens with one attached hydrogen (secondary N) is 1. The minimum Gasteiger partial charge on any atom is -0.493 e. The van der Waals surface area contributed by atoms with Gasteiger partial charge in [-0.3, -0.25) is 4.79 Å². The summed E-state index contributed by atoms with van der Waals surface area (Å²) >= 11 is 0. The van der Waals surface area contributed by atoms with E-state index in [1.807, 2.05) is 13.0 Å². The summed E-state index contributed by atoms with van der Waals surface area (Å²) in [7, 11) is 3.05. The first-order chi connectivity index (χ1) is 10.1. The number of hydrogen-bond acceptors (Lipinski definition) is 5. The number of ether oxygens (including phenoxy) is 2. The average molecular weight is 288 g/mol. The van der Waals surface area contributed by atoms with Crippen LogP contribution in [0.3, 0.4) is 0 Å². The molecule has 1 amide bonds. The summed E-state index contributed by atoms with van der Waals surface area (Å²) in [5, 5.41) is 3.84. The summed E-state index contributed by atoms with van der Waals surface area (Å²) in [4.78, 5) is 12.0. The van der Waals surface area contributed by atoms with Crippen LogP contribution in [-0.4, -0.2) is 26.3 Å². The lowest BCUT2D eigenvalue weighted by molar-refractivity contribution is 0.0954. The Balaban J connectivity index is 2.05. The molecule has 1 aromatic heterocycles. The zero-order valence-electron chi connectivity index (χ0n) is 12.0. The van der Waals surface area contributed by atoms with Crippen LogP contribution in [0.4, 0.5) is 0 Å². The number of hydrazone groups is 1. The molecule has 0 aliphatic carbocycles. The molecule has 0 saturated heterocycles. The van der Waals surface area contributed by atoms with Crippen LogP contribution in [0.1, 0.15) is 21.9 Å². The van der Waals surface area contributed by atoms with Crippen molar-refractivity contribution < 1.29 is 18.7 Å². The van der Waals surface area contributed by atoms with Gasteiger partial charge in [0.1, 0.15) is 11.5 Å². The second-order valence-corrected chi connectivity index (χ2v) is 4.22. The van der Waals surface area contributed by atoms with Gasteiger partial charge in [0.15, 0.2) is 11.5 Å². The van der Waals surface area contributed by atoms with Gasteiger partial charge in [-0.15, -0.1) is 0 Å². The first-order valence-corrected chi connectivity index (χ1v) is 6.26. The normalized spacial score (nSPS) is 10.6. The van der Waals surface area contributed by atoms with Gasteiger partial charge in [-0.1, -0.05) is 0 Å². The van der Waals surface area contributed by atoms with Crippen LogP contribution < -0.4 is 14.9 Å². The second kappa shape index (κ2) is 6.60. The SMILES string of the molecule is COc1ccc(C(=O)NN=Cc2ccc(C)o2)cc1OC. The van der Waals surface area contributed by atoms with Gasteiger partial charge in [0.05, 0.1) is 20.4 Å². The fraction of sp³-hybridized carbons (Fsp3) is 0.200. The molecule has 1 N–H and O–H groups in total. The van der Waals surface area contributed by atoms with Gasteiger partial charge in [0.2, 0.25) is 0 Å². The number of benzene rings is 1. The Morgan fingerprint density at radius 3 is 2.57 bits per heavy atom. The summed E-state index contributed by atoms with van der Waals surface area (Å²) in [6.45, 7) is 1.83. The molecule has 110 valence electrons. The largest absolute Gasteiger partial charge is 0.493 e. The molecule has 1 heterocycles. The van der Waals surface area contributed by atoms with E-state index in [1.54, 1.807) is 24.3 Å². The number of methoxy groups -OCH3 is 2. The molecule has 0 fully saturated rings. The molecule has 0 atom stereocenters. The van der Waals surface area contributed by atoms with Gasteiger partial charge >= 0.3 is 0 Å². The van der Waals surface area contributed by atoms with Gasteiger partial charge in [-0.2, -0.15) is 5.10 Å². The molecule has 2 rings (SSSR count). The highest BCUT2D eigenvalue weighted by molar-refractivity contribution is 5.95. The van der Waals surface area contributed by atoms with Gasteiger partial charge in [-0.25, -0.2) is 5.43 Å². The van der Waals surface area contributed by atoms with Crippen LogP contribution in [0, 0.1) is 6.92 Å². The van der Waals surface area contributed by atoms with Gasteiger partial charge in [-0.05, 0) is 37.3 Å². The van der Waals surface area contributed by atoms with E-state index in [0.29, 0.717) is 22.8 Å². The molecule has 0 aliphatic heterocycles. The number of carbonyl (C=O) groups is 1. The van der Waals surface area contributed by atoms with Crippen LogP contribution in [0.15, 0.2) is 39.9 Å². The van der Waals surface area contributed by atoms with E-state index in [0.717, 1.165) is 5.76 Å². The van der Waals surface area contributed by atoms with Crippen LogP contribution in [0.2, 0.25) is 0 Å². The Kier molecular flexibility index (Phi) is 4.61. The smallest absolute Gasteiger partial charge is 0.271 e. The number of rotatable bonds is 5. The third-order valence-electron chi connectivity index (χ3n) is 2.76. The maximum absolute atomic E-state index is 12.0. The van der Waals surface area contributed by atoms with Crippen LogP contribution >= 0.6 is 0 Å². The topological polar surface area (TPSA) is 73.1 Å². The molecule has 21 heavy (non-hydrogen) atoms. The highest BCUT2D eigenvalue weighted by atomic mass is 16.5. The Morgan fingerprint density at radius 1 is 1.19 bits per heavy atom. The zero-order valence-corrected chi connectivity index (χ0v) is 12.0. The first kappa shape index (κ1) is 14.6.